The van der Waals surface area contributed by atoms with Gasteiger partial charge in [0.2, 0.25) is 0 Å². The minimum atomic E-state index is -3.09. The SMILES string of the molecule is CC(=O)c1cc(N)c(OC(F)F)cc1F. The highest BCUT2D eigenvalue weighted by molar-refractivity contribution is 5.95. The molecule has 0 radical (unpaired) electrons. The van der Waals surface area contributed by atoms with E-state index in [0.29, 0.717) is 6.07 Å². The Balaban J connectivity index is 3.13. The van der Waals surface area contributed by atoms with Gasteiger partial charge in [0.25, 0.3) is 0 Å². The highest BCUT2D eigenvalue weighted by atomic mass is 19.3. The molecule has 1 aromatic rings. The number of rotatable bonds is 3. The second-order valence-electron chi connectivity index (χ2n) is 2.80. The summed E-state index contributed by atoms with van der Waals surface area (Å²) in [5, 5.41) is 0. The third-order valence-corrected chi connectivity index (χ3v) is 1.69. The summed E-state index contributed by atoms with van der Waals surface area (Å²) in [7, 11) is 0. The number of carbonyl (C=O) groups is 1. The smallest absolute Gasteiger partial charge is 0.387 e. The predicted molar refractivity (Wildman–Crippen MR) is 47.4 cm³/mol. The number of alkyl halides is 2. The zero-order valence-corrected chi connectivity index (χ0v) is 7.76. The van der Waals surface area contributed by atoms with E-state index in [2.05, 4.69) is 4.74 Å². The molecule has 0 saturated heterocycles. The number of Topliss-reactive ketones (excluding diaryl/α,β-unsaturated/α-hetero) is 1. The molecule has 0 saturated carbocycles. The summed E-state index contributed by atoms with van der Waals surface area (Å²) in [5.74, 6) is -1.96. The first-order chi connectivity index (χ1) is 6.91. The molecule has 82 valence electrons. The number of benzene rings is 1. The highest BCUT2D eigenvalue weighted by Gasteiger charge is 2.14. The molecule has 15 heavy (non-hydrogen) atoms. The Morgan fingerprint density at radius 1 is 1.47 bits per heavy atom. The van der Waals surface area contributed by atoms with Gasteiger partial charge in [0.15, 0.2) is 11.5 Å². The lowest BCUT2D eigenvalue weighted by Crippen LogP contribution is -2.07. The predicted octanol–water partition coefficient (Wildman–Crippen LogP) is 2.21. The maximum absolute atomic E-state index is 13.1. The number of nitrogens with two attached hydrogens (primary N) is 1. The largest absolute Gasteiger partial charge is 0.433 e. The van der Waals surface area contributed by atoms with Gasteiger partial charge >= 0.3 is 6.61 Å². The van der Waals surface area contributed by atoms with E-state index < -0.39 is 24.0 Å². The molecule has 0 spiro atoms. The first-order valence-corrected chi connectivity index (χ1v) is 3.96. The molecule has 0 fully saturated rings. The summed E-state index contributed by atoms with van der Waals surface area (Å²) in [5.41, 5.74) is 4.84. The molecule has 0 amide bonds. The van der Waals surface area contributed by atoms with Crippen LogP contribution in [0.15, 0.2) is 12.1 Å². The van der Waals surface area contributed by atoms with E-state index in [-0.39, 0.29) is 11.3 Å². The molecule has 6 heteroatoms. The summed E-state index contributed by atoms with van der Waals surface area (Å²) in [6.45, 7) is -1.94. The van der Waals surface area contributed by atoms with Crippen LogP contribution in [0.4, 0.5) is 18.9 Å². The monoisotopic (exact) mass is 219 g/mol. The van der Waals surface area contributed by atoms with Crippen molar-refractivity contribution in [1.82, 2.24) is 0 Å². The van der Waals surface area contributed by atoms with Crippen LogP contribution >= 0.6 is 0 Å². The van der Waals surface area contributed by atoms with Crippen LogP contribution in [0.25, 0.3) is 0 Å². The van der Waals surface area contributed by atoms with Gasteiger partial charge < -0.3 is 10.5 Å². The summed E-state index contributed by atoms with van der Waals surface area (Å²) in [6, 6.07) is 1.63. The number of hydrogen-bond acceptors (Lipinski definition) is 3. The summed E-state index contributed by atoms with van der Waals surface area (Å²) < 4.78 is 40.7. The Morgan fingerprint density at radius 3 is 2.53 bits per heavy atom. The quantitative estimate of drug-likeness (QED) is 0.626. The number of nitrogen functional groups attached to an aromatic ring is 1. The number of carbonyl (C=O) groups excluding carboxylic acids is 1. The van der Waals surface area contributed by atoms with Gasteiger partial charge in [-0.2, -0.15) is 8.78 Å². The van der Waals surface area contributed by atoms with E-state index in [1.165, 1.54) is 0 Å². The summed E-state index contributed by atoms with van der Waals surface area (Å²) in [4.78, 5) is 10.9. The maximum Gasteiger partial charge on any atom is 0.387 e. The zero-order valence-electron chi connectivity index (χ0n) is 7.76. The molecule has 2 N–H and O–H groups in total. The minimum Gasteiger partial charge on any atom is -0.433 e. The molecule has 0 atom stereocenters. The molecule has 0 aliphatic carbocycles. The average molecular weight is 219 g/mol. The van der Waals surface area contributed by atoms with Crippen LogP contribution in [0, 0.1) is 5.82 Å². The molecule has 0 bridgehead atoms. The third-order valence-electron chi connectivity index (χ3n) is 1.69. The Bertz CT molecular complexity index is 393. The van der Waals surface area contributed by atoms with Gasteiger partial charge in [0.1, 0.15) is 5.82 Å². The van der Waals surface area contributed by atoms with Crippen molar-refractivity contribution in [3.63, 3.8) is 0 Å². The van der Waals surface area contributed by atoms with Crippen molar-refractivity contribution in [2.75, 3.05) is 5.73 Å². The second kappa shape index (κ2) is 4.20. The van der Waals surface area contributed by atoms with Gasteiger partial charge in [-0.25, -0.2) is 4.39 Å². The molecule has 0 aliphatic heterocycles. The molecule has 1 rings (SSSR count). The molecular formula is C9H8F3NO2. The van der Waals surface area contributed by atoms with Gasteiger partial charge in [0, 0.05) is 6.07 Å². The molecule has 3 nitrogen and oxygen atoms in total. The van der Waals surface area contributed by atoms with E-state index in [1.54, 1.807) is 0 Å². The first kappa shape index (κ1) is 11.4. The second-order valence-corrected chi connectivity index (χ2v) is 2.80. The standard InChI is InChI=1S/C9H8F3NO2/c1-4(14)5-2-7(13)8(3-6(5)10)15-9(11)12/h2-3,9H,13H2,1H3. The third kappa shape index (κ3) is 2.61. The van der Waals surface area contributed by atoms with Crippen molar-refractivity contribution in [3.05, 3.63) is 23.5 Å². The fraction of sp³-hybridized carbons (Fsp3) is 0.222. The van der Waals surface area contributed by atoms with Crippen molar-refractivity contribution in [2.45, 2.75) is 13.5 Å². The van der Waals surface area contributed by atoms with Gasteiger partial charge in [-0.3, -0.25) is 4.79 Å². The van der Waals surface area contributed by atoms with Crippen molar-refractivity contribution in [1.29, 1.82) is 0 Å². The molecular weight excluding hydrogens is 211 g/mol. The molecule has 0 aliphatic rings. The van der Waals surface area contributed by atoms with Crippen LogP contribution in [-0.2, 0) is 0 Å². The van der Waals surface area contributed by atoms with Crippen LogP contribution < -0.4 is 10.5 Å². The van der Waals surface area contributed by atoms with E-state index in [0.717, 1.165) is 13.0 Å². The first-order valence-electron chi connectivity index (χ1n) is 3.96. The zero-order chi connectivity index (χ0) is 11.6. The maximum atomic E-state index is 13.1. The van der Waals surface area contributed by atoms with Gasteiger partial charge in [-0.05, 0) is 13.0 Å². The number of ketones is 1. The van der Waals surface area contributed by atoms with Crippen LogP contribution in [0.3, 0.4) is 0 Å². The Kier molecular flexibility index (Phi) is 3.18. The van der Waals surface area contributed by atoms with Crippen molar-refractivity contribution < 1.29 is 22.7 Å². The Morgan fingerprint density at radius 2 is 2.07 bits per heavy atom. The lowest BCUT2D eigenvalue weighted by Gasteiger charge is -2.09. The van der Waals surface area contributed by atoms with Crippen molar-refractivity contribution in [2.24, 2.45) is 0 Å². The lowest BCUT2D eigenvalue weighted by molar-refractivity contribution is -0.0494. The van der Waals surface area contributed by atoms with E-state index in [9.17, 15) is 18.0 Å². The van der Waals surface area contributed by atoms with Crippen molar-refractivity contribution >= 4 is 11.5 Å². The van der Waals surface area contributed by atoms with E-state index >= 15 is 0 Å². The molecule has 0 heterocycles. The fourth-order valence-corrected chi connectivity index (χ4v) is 1.04. The molecule has 0 aromatic heterocycles. The molecule has 1 aromatic carbocycles. The normalized spacial score (nSPS) is 10.5. The average Bonchev–Trinajstić information content (AvgIpc) is 2.09. The number of anilines is 1. The van der Waals surface area contributed by atoms with Crippen LogP contribution in [0.1, 0.15) is 17.3 Å². The van der Waals surface area contributed by atoms with Crippen LogP contribution in [0.5, 0.6) is 5.75 Å². The van der Waals surface area contributed by atoms with Crippen LogP contribution in [0.2, 0.25) is 0 Å². The Labute approximate surface area is 83.6 Å². The number of hydrogen-bond donors (Lipinski definition) is 1. The van der Waals surface area contributed by atoms with E-state index in [4.69, 9.17) is 5.73 Å². The summed E-state index contributed by atoms with van der Waals surface area (Å²) in [6.07, 6.45) is 0. The lowest BCUT2D eigenvalue weighted by atomic mass is 10.1. The number of ether oxygens (including phenoxy) is 1. The van der Waals surface area contributed by atoms with Gasteiger partial charge in [-0.15, -0.1) is 0 Å². The highest BCUT2D eigenvalue weighted by Crippen LogP contribution is 2.26. The Hall–Kier alpha value is -1.72. The summed E-state index contributed by atoms with van der Waals surface area (Å²) >= 11 is 0. The molecule has 0 unspecified atom stereocenters. The van der Waals surface area contributed by atoms with Gasteiger partial charge in [0.05, 0.1) is 11.3 Å². The van der Waals surface area contributed by atoms with Crippen molar-refractivity contribution in [3.8, 4) is 5.75 Å². The van der Waals surface area contributed by atoms with Crippen LogP contribution in [-0.4, -0.2) is 12.4 Å². The minimum absolute atomic E-state index is 0.207. The number of halogens is 3. The topological polar surface area (TPSA) is 52.3 Å². The van der Waals surface area contributed by atoms with E-state index in [1.807, 2.05) is 0 Å². The fourth-order valence-electron chi connectivity index (χ4n) is 1.04. The van der Waals surface area contributed by atoms with Gasteiger partial charge in [-0.1, -0.05) is 0 Å².